The maximum Gasteiger partial charge on any atom is 0.328 e. The van der Waals surface area contributed by atoms with Crippen molar-refractivity contribution >= 4 is 24.0 Å². The van der Waals surface area contributed by atoms with Gasteiger partial charge in [0.2, 0.25) is 0 Å². The van der Waals surface area contributed by atoms with E-state index in [1.54, 1.807) is 30.7 Å². The zero-order valence-corrected chi connectivity index (χ0v) is 19.3. The van der Waals surface area contributed by atoms with Crippen molar-refractivity contribution in [3.05, 3.63) is 70.8 Å². The summed E-state index contributed by atoms with van der Waals surface area (Å²) in [5.41, 5.74) is 3.67. The Morgan fingerprint density at radius 1 is 1.21 bits per heavy atom. The van der Waals surface area contributed by atoms with Crippen molar-refractivity contribution in [2.75, 3.05) is 16.8 Å². The molecule has 34 heavy (non-hydrogen) atoms. The van der Waals surface area contributed by atoms with Crippen LogP contribution < -0.4 is 15.0 Å². The fraction of sp³-hybridized carbons (Fsp3) is 0.269. The number of carbonyl (C=O) groups excluding carboxylic acids is 2. The highest BCUT2D eigenvalue weighted by Gasteiger charge is 2.25. The molecule has 1 aliphatic heterocycles. The Kier molecular flexibility index (Phi) is 6.83. The average molecular weight is 456 g/mol. The number of aldehydes is 1. The minimum absolute atomic E-state index is 0.0911. The van der Waals surface area contributed by atoms with Crippen LogP contribution in [0.15, 0.2) is 42.9 Å². The van der Waals surface area contributed by atoms with Crippen LogP contribution in [0.4, 0.5) is 16.4 Å². The SMILES string of the molecule is Cc1ccncc1C#Cc1cnc(NC(=O)N2CCCc3ccc(C=O)nc32)cc1OC(C)C. The lowest BCUT2D eigenvalue weighted by Gasteiger charge is -2.28. The number of anilines is 2. The molecule has 1 aliphatic rings. The summed E-state index contributed by atoms with van der Waals surface area (Å²) in [4.78, 5) is 38.6. The van der Waals surface area contributed by atoms with E-state index < -0.39 is 0 Å². The molecule has 0 bridgehead atoms. The summed E-state index contributed by atoms with van der Waals surface area (Å²) in [6, 6.07) is 6.70. The van der Waals surface area contributed by atoms with E-state index in [2.05, 4.69) is 32.1 Å². The van der Waals surface area contributed by atoms with E-state index in [1.165, 1.54) is 4.90 Å². The summed E-state index contributed by atoms with van der Waals surface area (Å²) in [6.07, 6.45) is 7.22. The van der Waals surface area contributed by atoms with Gasteiger partial charge in [0.05, 0.1) is 11.7 Å². The molecule has 3 aromatic heterocycles. The molecule has 8 heteroatoms. The second kappa shape index (κ2) is 10.1. The lowest BCUT2D eigenvalue weighted by atomic mass is 10.1. The minimum Gasteiger partial charge on any atom is -0.490 e. The Bertz CT molecular complexity index is 1290. The molecule has 4 heterocycles. The van der Waals surface area contributed by atoms with Gasteiger partial charge in [-0.1, -0.05) is 17.9 Å². The number of carbonyl (C=O) groups is 2. The largest absolute Gasteiger partial charge is 0.490 e. The fourth-order valence-electron chi connectivity index (χ4n) is 3.57. The Hall–Kier alpha value is -4.25. The number of amides is 2. The first kappa shape index (κ1) is 22.9. The Balaban J connectivity index is 1.59. The molecule has 0 fully saturated rings. The van der Waals surface area contributed by atoms with Gasteiger partial charge in [0.1, 0.15) is 23.1 Å². The van der Waals surface area contributed by atoms with Crippen LogP contribution in [0.2, 0.25) is 0 Å². The standard InChI is InChI=1S/C26H25N5O3/c1-17(2)34-23-13-24(28-15-21(23)7-6-20-14-27-11-10-18(20)3)30-26(33)31-12-4-5-19-8-9-22(16-32)29-25(19)31/h8-11,13-17H,4-5,12H2,1-3H3,(H,28,30,33). The third kappa shape index (κ3) is 5.21. The van der Waals surface area contributed by atoms with Gasteiger partial charge < -0.3 is 4.74 Å². The van der Waals surface area contributed by atoms with Crippen LogP contribution in [0.1, 0.15) is 53.0 Å². The molecule has 3 aromatic rings. The zero-order valence-electron chi connectivity index (χ0n) is 19.3. The lowest BCUT2D eigenvalue weighted by molar-refractivity contribution is 0.111. The van der Waals surface area contributed by atoms with Crippen molar-refractivity contribution in [2.45, 2.75) is 39.7 Å². The van der Waals surface area contributed by atoms with Gasteiger partial charge in [0.15, 0.2) is 6.29 Å². The smallest absolute Gasteiger partial charge is 0.328 e. The number of hydrogen-bond acceptors (Lipinski definition) is 6. The number of ether oxygens (including phenoxy) is 1. The van der Waals surface area contributed by atoms with Gasteiger partial charge in [-0.2, -0.15) is 0 Å². The van der Waals surface area contributed by atoms with E-state index in [9.17, 15) is 9.59 Å². The van der Waals surface area contributed by atoms with E-state index in [-0.39, 0.29) is 17.8 Å². The molecule has 172 valence electrons. The van der Waals surface area contributed by atoms with E-state index in [1.807, 2.05) is 32.9 Å². The molecule has 4 rings (SSSR count). The number of rotatable bonds is 4. The molecule has 0 unspecified atom stereocenters. The van der Waals surface area contributed by atoms with Crippen LogP contribution in [0.3, 0.4) is 0 Å². The van der Waals surface area contributed by atoms with E-state index >= 15 is 0 Å². The van der Waals surface area contributed by atoms with Crippen molar-refractivity contribution in [1.29, 1.82) is 0 Å². The quantitative estimate of drug-likeness (QED) is 0.469. The molecular formula is C26H25N5O3. The molecule has 0 atom stereocenters. The van der Waals surface area contributed by atoms with Crippen molar-refractivity contribution < 1.29 is 14.3 Å². The van der Waals surface area contributed by atoms with E-state index in [0.717, 1.165) is 29.5 Å². The van der Waals surface area contributed by atoms with Crippen LogP contribution in [0.5, 0.6) is 5.75 Å². The average Bonchev–Trinajstić information content (AvgIpc) is 2.83. The highest BCUT2D eigenvalue weighted by atomic mass is 16.5. The first-order valence-electron chi connectivity index (χ1n) is 11.1. The van der Waals surface area contributed by atoms with Gasteiger partial charge >= 0.3 is 6.03 Å². The third-order valence-corrected chi connectivity index (χ3v) is 5.26. The van der Waals surface area contributed by atoms with Crippen LogP contribution in [-0.4, -0.2) is 39.9 Å². The molecule has 0 aromatic carbocycles. The molecular weight excluding hydrogens is 430 g/mol. The summed E-state index contributed by atoms with van der Waals surface area (Å²) in [6.45, 7) is 6.31. The van der Waals surface area contributed by atoms with Crippen molar-refractivity contribution in [3.8, 4) is 17.6 Å². The van der Waals surface area contributed by atoms with Gasteiger partial charge in [-0.05, 0) is 56.9 Å². The Morgan fingerprint density at radius 2 is 2.03 bits per heavy atom. The number of aromatic nitrogens is 3. The van der Waals surface area contributed by atoms with Gasteiger partial charge in [0.25, 0.3) is 0 Å². The predicted molar refractivity (Wildman–Crippen MR) is 129 cm³/mol. The summed E-state index contributed by atoms with van der Waals surface area (Å²) in [5.74, 6) is 7.57. The van der Waals surface area contributed by atoms with E-state index in [4.69, 9.17) is 4.74 Å². The van der Waals surface area contributed by atoms with Gasteiger partial charge in [-0.3, -0.25) is 20.0 Å². The normalized spacial score (nSPS) is 12.4. The number of urea groups is 1. The van der Waals surface area contributed by atoms with Crippen LogP contribution in [0, 0.1) is 18.8 Å². The van der Waals surface area contributed by atoms with E-state index in [0.29, 0.717) is 35.8 Å². The topological polar surface area (TPSA) is 97.3 Å². The van der Waals surface area contributed by atoms with Crippen LogP contribution in [0.25, 0.3) is 0 Å². The molecule has 0 saturated carbocycles. The summed E-state index contributed by atoms with van der Waals surface area (Å²) >= 11 is 0. The second-order valence-corrected chi connectivity index (χ2v) is 8.19. The highest BCUT2D eigenvalue weighted by Crippen LogP contribution is 2.27. The Morgan fingerprint density at radius 3 is 2.79 bits per heavy atom. The predicted octanol–water partition coefficient (Wildman–Crippen LogP) is 4.16. The zero-order chi connectivity index (χ0) is 24.1. The maximum atomic E-state index is 13.1. The number of nitrogens with one attached hydrogen (secondary N) is 1. The minimum atomic E-state index is -0.371. The van der Waals surface area contributed by atoms with Gasteiger partial charge in [-0.15, -0.1) is 0 Å². The molecule has 1 N–H and O–H groups in total. The van der Waals surface area contributed by atoms with Crippen LogP contribution >= 0.6 is 0 Å². The number of fused-ring (bicyclic) bond motifs is 1. The summed E-state index contributed by atoms with van der Waals surface area (Å²) < 4.78 is 5.94. The first-order valence-corrected chi connectivity index (χ1v) is 11.1. The second-order valence-electron chi connectivity index (χ2n) is 8.19. The van der Waals surface area contributed by atoms with Crippen LogP contribution in [-0.2, 0) is 6.42 Å². The molecule has 8 nitrogen and oxygen atoms in total. The maximum absolute atomic E-state index is 13.1. The summed E-state index contributed by atoms with van der Waals surface area (Å²) in [5, 5.41) is 2.82. The number of aryl methyl sites for hydroxylation is 2. The third-order valence-electron chi connectivity index (χ3n) is 5.26. The first-order chi connectivity index (χ1) is 16.4. The fourth-order valence-corrected chi connectivity index (χ4v) is 3.57. The van der Waals surface area contributed by atoms with Gasteiger partial charge in [0, 0.05) is 36.8 Å². The lowest BCUT2D eigenvalue weighted by Crippen LogP contribution is -2.39. The van der Waals surface area contributed by atoms with Crippen molar-refractivity contribution in [2.24, 2.45) is 0 Å². The molecule has 0 spiro atoms. The number of pyridine rings is 3. The monoisotopic (exact) mass is 455 g/mol. The van der Waals surface area contributed by atoms with Crippen molar-refractivity contribution in [1.82, 2.24) is 15.0 Å². The Labute approximate surface area is 198 Å². The molecule has 0 radical (unpaired) electrons. The highest BCUT2D eigenvalue weighted by molar-refractivity contribution is 6.01. The van der Waals surface area contributed by atoms with Gasteiger partial charge in [-0.25, -0.2) is 14.8 Å². The summed E-state index contributed by atoms with van der Waals surface area (Å²) in [7, 11) is 0. The molecule has 0 aliphatic carbocycles. The molecule has 0 saturated heterocycles. The molecule has 2 amide bonds. The number of nitrogens with zero attached hydrogens (tertiary/aromatic N) is 4. The van der Waals surface area contributed by atoms with Crippen molar-refractivity contribution in [3.63, 3.8) is 0 Å². The number of hydrogen-bond donors (Lipinski definition) is 1.